The van der Waals surface area contributed by atoms with Crippen LogP contribution in [-0.4, -0.2) is 40.3 Å². The molecular formula is C14H15ClN4O2. The van der Waals surface area contributed by atoms with Gasteiger partial charge < -0.3 is 15.3 Å². The lowest BCUT2D eigenvalue weighted by atomic mass is 10.0. The number of aromatic nitrogens is 2. The lowest BCUT2D eigenvalue weighted by Gasteiger charge is -2.34. The zero-order valence-corrected chi connectivity index (χ0v) is 12.0. The molecule has 7 heteroatoms. The molecule has 1 aliphatic heterocycles. The molecule has 0 saturated carbocycles. The van der Waals surface area contributed by atoms with E-state index in [0.29, 0.717) is 11.7 Å². The van der Waals surface area contributed by atoms with Crippen molar-refractivity contribution in [3.63, 3.8) is 0 Å². The van der Waals surface area contributed by atoms with Crippen molar-refractivity contribution in [1.29, 1.82) is 0 Å². The first-order valence-electron chi connectivity index (χ1n) is 6.78. The van der Waals surface area contributed by atoms with E-state index in [9.17, 15) is 4.79 Å². The number of piperidine rings is 1. The highest BCUT2D eigenvalue weighted by Crippen LogP contribution is 2.28. The molecule has 0 unspecified atom stereocenters. The Hall–Kier alpha value is -2.08. The summed E-state index contributed by atoms with van der Waals surface area (Å²) < 4.78 is 0. The maximum atomic E-state index is 10.8. The van der Waals surface area contributed by atoms with Crippen molar-refractivity contribution < 1.29 is 9.90 Å². The monoisotopic (exact) mass is 306 g/mol. The number of carboxylic acid groups (broad SMARTS) is 1. The van der Waals surface area contributed by atoms with Gasteiger partial charge in [0.05, 0.1) is 11.7 Å². The van der Waals surface area contributed by atoms with Crippen LogP contribution in [0.2, 0.25) is 5.15 Å². The van der Waals surface area contributed by atoms with Gasteiger partial charge in [0.1, 0.15) is 5.15 Å². The highest BCUT2D eigenvalue weighted by Gasteiger charge is 2.22. The van der Waals surface area contributed by atoms with Crippen LogP contribution in [0.1, 0.15) is 12.8 Å². The van der Waals surface area contributed by atoms with E-state index >= 15 is 0 Å². The minimum absolute atomic E-state index is 0.0585. The molecule has 0 bridgehead atoms. The number of hydrogen-bond donors (Lipinski definition) is 2. The molecule has 1 aliphatic rings. The Bertz CT molecular complexity index is 679. The van der Waals surface area contributed by atoms with Crippen molar-refractivity contribution >= 4 is 34.3 Å². The predicted molar refractivity (Wildman–Crippen MR) is 80.9 cm³/mol. The third-order valence-electron chi connectivity index (χ3n) is 3.66. The van der Waals surface area contributed by atoms with Crippen LogP contribution < -0.4 is 10.2 Å². The Morgan fingerprint density at radius 2 is 2.33 bits per heavy atom. The summed E-state index contributed by atoms with van der Waals surface area (Å²) in [5, 5.41) is 12.8. The number of fused-ring (bicyclic) bond motifs is 1. The molecule has 1 fully saturated rings. The molecule has 0 aliphatic carbocycles. The summed E-state index contributed by atoms with van der Waals surface area (Å²) in [6.07, 6.45) is 4.20. The number of rotatable bonds is 2. The van der Waals surface area contributed by atoms with E-state index in [-0.39, 0.29) is 6.04 Å². The van der Waals surface area contributed by atoms with Gasteiger partial charge in [0.2, 0.25) is 0 Å². The number of halogens is 1. The zero-order valence-electron chi connectivity index (χ0n) is 11.3. The van der Waals surface area contributed by atoms with Gasteiger partial charge in [-0.1, -0.05) is 11.6 Å². The van der Waals surface area contributed by atoms with Crippen LogP contribution in [0, 0.1) is 0 Å². The summed E-state index contributed by atoms with van der Waals surface area (Å²) in [4.78, 5) is 21.3. The summed E-state index contributed by atoms with van der Waals surface area (Å²) in [7, 11) is 0. The Balaban J connectivity index is 1.92. The zero-order chi connectivity index (χ0) is 14.8. The van der Waals surface area contributed by atoms with E-state index in [1.807, 2.05) is 6.07 Å². The van der Waals surface area contributed by atoms with E-state index in [4.69, 9.17) is 16.7 Å². The van der Waals surface area contributed by atoms with E-state index in [1.54, 1.807) is 18.5 Å². The fraction of sp³-hybridized carbons (Fsp3) is 0.357. The van der Waals surface area contributed by atoms with Gasteiger partial charge in [0.15, 0.2) is 0 Å². The minimum Gasteiger partial charge on any atom is -0.465 e. The van der Waals surface area contributed by atoms with E-state index in [0.717, 1.165) is 36.0 Å². The molecule has 0 aromatic carbocycles. The van der Waals surface area contributed by atoms with Crippen LogP contribution in [0.15, 0.2) is 24.5 Å². The van der Waals surface area contributed by atoms with Gasteiger partial charge in [-0.3, -0.25) is 4.98 Å². The number of amides is 1. The first kappa shape index (κ1) is 13.9. The molecule has 6 nitrogen and oxygen atoms in total. The molecule has 110 valence electrons. The minimum atomic E-state index is -0.978. The molecule has 2 aromatic rings. The van der Waals surface area contributed by atoms with Crippen molar-refractivity contribution in [2.24, 2.45) is 0 Å². The second kappa shape index (κ2) is 5.73. The summed E-state index contributed by atoms with van der Waals surface area (Å²) in [5.41, 5.74) is 1.80. The van der Waals surface area contributed by atoms with Crippen molar-refractivity contribution in [1.82, 2.24) is 15.3 Å². The Morgan fingerprint density at radius 3 is 3.14 bits per heavy atom. The Labute approximate surface area is 126 Å². The summed E-state index contributed by atoms with van der Waals surface area (Å²) >= 11 is 5.98. The molecule has 0 radical (unpaired) electrons. The number of anilines is 1. The number of pyridine rings is 2. The van der Waals surface area contributed by atoms with Gasteiger partial charge in [-0.25, -0.2) is 9.78 Å². The maximum absolute atomic E-state index is 10.8. The van der Waals surface area contributed by atoms with Crippen LogP contribution in [-0.2, 0) is 0 Å². The lowest BCUT2D eigenvalue weighted by molar-refractivity contribution is 0.188. The molecule has 2 aromatic heterocycles. The van der Waals surface area contributed by atoms with Gasteiger partial charge >= 0.3 is 6.09 Å². The van der Waals surface area contributed by atoms with Gasteiger partial charge in [-0.2, -0.15) is 0 Å². The summed E-state index contributed by atoms with van der Waals surface area (Å²) in [6.45, 7) is 1.53. The van der Waals surface area contributed by atoms with Crippen LogP contribution in [0.5, 0.6) is 0 Å². The molecule has 3 heterocycles. The molecular weight excluding hydrogens is 292 g/mol. The number of hydrogen-bond acceptors (Lipinski definition) is 4. The number of nitrogens with one attached hydrogen (secondary N) is 1. The lowest BCUT2D eigenvalue weighted by Crippen LogP contribution is -2.47. The standard InChI is InChI=1S/C14H15ClN4O2/c15-13-6-10-11(7-17-13)16-4-3-12(10)19-5-1-2-9(8-19)18-14(20)21/h3-4,6-7,9,18H,1-2,5,8H2,(H,20,21)/t9-/m0/s1. The maximum Gasteiger partial charge on any atom is 0.404 e. The number of carbonyl (C=O) groups is 1. The Kier molecular flexibility index (Phi) is 3.79. The van der Waals surface area contributed by atoms with Crippen molar-refractivity contribution in [3.8, 4) is 0 Å². The first-order valence-corrected chi connectivity index (χ1v) is 7.16. The van der Waals surface area contributed by atoms with Gasteiger partial charge in [-0.15, -0.1) is 0 Å². The fourth-order valence-electron chi connectivity index (χ4n) is 2.77. The predicted octanol–water partition coefficient (Wildman–Crippen LogP) is 2.52. The normalized spacial score (nSPS) is 18.7. The van der Waals surface area contributed by atoms with Crippen LogP contribution in [0.25, 0.3) is 10.9 Å². The topological polar surface area (TPSA) is 78.4 Å². The smallest absolute Gasteiger partial charge is 0.404 e. The van der Waals surface area contributed by atoms with Gasteiger partial charge in [0.25, 0.3) is 0 Å². The van der Waals surface area contributed by atoms with Crippen molar-refractivity contribution in [2.45, 2.75) is 18.9 Å². The second-order valence-electron chi connectivity index (χ2n) is 5.09. The number of nitrogens with zero attached hydrogens (tertiary/aromatic N) is 3. The summed E-state index contributed by atoms with van der Waals surface area (Å²) in [5.74, 6) is 0. The summed E-state index contributed by atoms with van der Waals surface area (Å²) in [6, 6.07) is 3.67. The van der Waals surface area contributed by atoms with Crippen LogP contribution in [0.3, 0.4) is 0 Å². The molecule has 1 saturated heterocycles. The van der Waals surface area contributed by atoms with E-state index < -0.39 is 6.09 Å². The molecule has 0 spiro atoms. The first-order chi connectivity index (χ1) is 10.1. The van der Waals surface area contributed by atoms with Gasteiger partial charge in [0, 0.05) is 36.4 Å². The molecule has 1 atom stereocenters. The third-order valence-corrected chi connectivity index (χ3v) is 3.87. The van der Waals surface area contributed by atoms with Crippen LogP contribution >= 0.6 is 11.6 Å². The van der Waals surface area contributed by atoms with Crippen molar-refractivity contribution in [3.05, 3.63) is 29.7 Å². The van der Waals surface area contributed by atoms with Gasteiger partial charge in [-0.05, 0) is 25.0 Å². The quantitative estimate of drug-likeness (QED) is 0.834. The molecule has 2 N–H and O–H groups in total. The van der Waals surface area contributed by atoms with E-state index in [1.165, 1.54) is 0 Å². The SMILES string of the molecule is O=C(O)N[C@H]1CCCN(c2ccnc3cnc(Cl)cc23)C1. The highest BCUT2D eigenvalue weighted by molar-refractivity contribution is 6.30. The molecule has 21 heavy (non-hydrogen) atoms. The van der Waals surface area contributed by atoms with E-state index in [2.05, 4.69) is 20.2 Å². The third kappa shape index (κ3) is 3.00. The highest BCUT2D eigenvalue weighted by atomic mass is 35.5. The average molecular weight is 307 g/mol. The fourth-order valence-corrected chi connectivity index (χ4v) is 2.93. The van der Waals surface area contributed by atoms with Crippen molar-refractivity contribution in [2.75, 3.05) is 18.0 Å². The van der Waals surface area contributed by atoms with Crippen LogP contribution in [0.4, 0.5) is 10.5 Å². The average Bonchev–Trinajstić information content (AvgIpc) is 2.46. The largest absolute Gasteiger partial charge is 0.465 e. The molecule has 3 rings (SSSR count). The molecule has 1 amide bonds. The Morgan fingerprint density at radius 1 is 1.48 bits per heavy atom. The second-order valence-corrected chi connectivity index (χ2v) is 5.48.